The minimum absolute atomic E-state index is 0.0159. The average molecular weight is 1920 g/mol. The molecule has 0 atom stereocenters. The second-order valence-corrected chi connectivity index (χ2v) is 32.2. The van der Waals surface area contributed by atoms with E-state index in [4.69, 9.17) is 51.6 Å². The summed E-state index contributed by atoms with van der Waals surface area (Å²) in [5.41, 5.74) is 4.42. The van der Waals surface area contributed by atoms with Crippen molar-refractivity contribution >= 4 is 169 Å². The van der Waals surface area contributed by atoms with E-state index in [0.29, 0.717) is 86.2 Å². The zero-order valence-corrected chi connectivity index (χ0v) is 78.2. The highest BCUT2D eigenvalue weighted by Gasteiger charge is 2.23. The van der Waals surface area contributed by atoms with Crippen molar-refractivity contribution in [3.63, 3.8) is 0 Å². The van der Waals surface area contributed by atoms with Crippen LogP contribution in [0.15, 0.2) is 345 Å². The Morgan fingerprint density at radius 2 is 0.561 bits per heavy atom. The van der Waals surface area contributed by atoms with Gasteiger partial charge in [-0.3, -0.25) is 28.8 Å². The van der Waals surface area contributed by atoms with E-state index in [0.717, 1.165) is 75.2 Å². The number of phenols is 6. The highest BCUT2D eigenvalue weighted by molar-refractivity contribution is 7.98. The van der Waals surface area contributed by atoms with Gasteiger partial charge in [0.05, 0.1) is 108 Å². The first-order valence-corrected chi connectivity index (χ1v) is 45.1. The van der Waals surface area contributed by atoms with Crippen LogP contribution in [0.4, 0.5) is 38.5 Å². The molecule has 0 aromatic heterocycles. The van der Waals surface area contributed by atoms with Crippen LogP contribution in [0.1, 0.15) is 76.0 Å². The lowest BCUT2D eigenvalue weighted by Gasteiger charge is -2.14. The SMILES string of the molecule is CCOc1cccc(NC(=O)c2cc3ccccc3cc2O)c1.CCOc1ccccc1NC(=O)c1cc2ccccc2cc1O.COc1cc(NC(=O)c2cc3ccccc3cc2O)c(OC)cc1Cl.COc1cc(OC)c(NC(=O)c2cc3ccccc3cc2O)cc1Cl.CSc1ccccc1NC(=O)c1cc2ccccc2cc1O.O=C(Nc1ccc(F)cc1)c1cc2ccccc2cc1O. The van der Waals surface area contributed by atoms with Crippen molar-refractivity contribution in [2.24, 2.45) is 0 Å². The monoisotopic (exact) mass is 1920 g/mol. The molecular formula is C111H93Cl2FN6O18S. The lowest BCUT2D eigenvalue weighted by atomic mass is 10.1. The number of methoxy groups -OCH3 is 4. The van der Waals surface area contributed by atoms with Gasteiger partial charge >= 0.3 is 0 Å². The maximum Gasteiger partial charge on any atom is 0.259 e. The Morgan fingerprint density at radius 3 is 0.921 bits per heavy atom. The van der Waals surface area contributed by atoms with Crippen LogP contribution < -0.4 is 60.3 Å². The number of carbonyl (C=O) groups excluding carboxylic acids is 6. The molecule has 0 radical (unpaired) electrons. The van der Waals surface area contributed by atoms with E-state index in [1.807, 2.05) is 208 Å². The van der Waals surface area contributed by atoms with Gasteiger partial charge in [-0.2, -0.15) is 0 Å². The van der Waals surface area contributed by atoms with Crippen molar-refractivity contribution in [2.75, 3.05) is 79.8 Å². The molecule has 139 heavy (non-hydrogen) atoms. The highest BCUT2D eigenvalue weighted by Crippen LogP contribution is 2.41. The lowest BCUT2D eigenvalue weighted by molar-refractivity contribution is 0.101. The van der Waals surface area contributed by atoms with E-state index < -0.39 is 17.7 Å². The van der Waals surface area contributed by atoms with Gasteiger partial charge in [0, 0.05) is 40.5 Å². The van der Waals surface area contributed by atoms with Crippen molar-refractivity contribution in [2.45, 2.75) is 18.7 Å². The molecule has 0 spiro atoms. The number of benzene rings is 18. The third kappa shape index (κ3) is 25.5. The number of anilines is 6. The molecule has 0 heterocycles. The normalized spacial score (nSPS) is 10.5. The Balaban J connectivity index is 0.000000141. The van der Waals surface area contributed by atoms with Crippen molar-refractivity contribution in [3.8, 4) is 69.0 Å². The van der Waals surface area contributed by atoms with E-state index in [9.17, 15) is 63.8 Å². The molecule has 0 aliphatic heterocycles. The van der Waals surface area contributed by atoms with Crippen LogP contribution in [0, 0.1) is 5.82 Å². The Morgan fingerprint density at radius 1 is 0.273 bits per heavy atom. The number of thioether (sulfide) groups is 1. The predicted molar refractivity (Wildman–Crippen MR) is 550 cm³/mol. The molecule has 18 aromatic rings. The smallest absolute Gasteiger partial charge is 0.259 e. The lowest BCUT2D eigenvalue weighted by Crippen LogP contribution is -2.13. The first-order chi connectivity index (χ1) is 67.2. The Labute approximate surface area is 812 Å². The number of hydrogen-bond donors (Lipinski definition) is 12. The highest BCUT2D eigenvalue weighted by atomic mass is 35.5. The Hall–Kier alpha value is -17.2. The van der Waals surface area contributed by atoms with E-state index >= 15 is 0 Å². The molecule has 12 N–H and O–H groups in total. The van der Waals surface area contributed by atoms with Crippen molar-refractivity contribution in [1.82, 2.24) is 0 Å². The number of hydrogen-bond acceptors (Lipinski definition) is 19. The van der Waals surface area contributed by atoms with E-state index in [2.05, 4.69) is 31.9 Å². The first kappa shape index (κ1) is 99.3. The van der Waals surface area contributed by atoms with Crippen LogP contribution >= 0.6 is 35.0 Å². The summed E-state index contributed by atoms with van der Waals surface area (Å²) in [6, 6.07) is 98.3. The second-order valence-electron chi connectivity index (χ2n) is 30.5. The van der Waals surface area contributed by atoms with Gasteiger partial charge in [-0.05, 0) is 224 Å². The van der Waals surface area contributed by atoms with Crippen molar-refractivity contribution < 1.29 is 92.2 Å². The number of halogens is 3. The summed E-state index contributed by atoms with van der Waals surface area (Å²) in [6.45, 7) is 4.85. The van der Waals surface area contributed by atoms with Crippen LogP contribution in [0.5, 0.6) is 69.0 Å². The summed E-state index contributed by atoms with van der Waals surface area (Å²) >= 11 is 13.7. The number of para-hydroxylation sites is 3. The topological polar surface area (TPSA) is 351 Å². The summed E-state index contributed by atoms with van der Waals surface area (Å²) in [5, 5.41) is 88.4. The minimum atomic E-state index is -0.470. The molecule has 0 fully saturated rings. The molecule has 24 nitrogen and oxygen atoms in total. The summed E-state index contributed by atoms with van der Waals surface area (Å²) in [6.07, 6.45) is 1.96. The number of aromatic hydroxyl groups is 6. The summed E-state index contributed by atoms with van der Waals surface area (Å²) in [5.74, 6) is -0.280. The fourth-order valence-corrected chi connectivity index (χ4v) is 15.5. The second kappa shape index (κ2) is 47.1. The molecule has 18 rings (SSSR count). The number of ether oxygens (including phenoxy) is 6. The van der Waals surface area contributed by atoms with Crippen molar-refractivity contribution in [1.29, 1.82) is 0 Å². The summed E-state index contributed by atoms with van der Waals surface area (Å²) in [7, 11) is 5.92. The van der Waals surface area contributed by atoms with Gasteiger partial charge in [0.2, 0.25) is 0 Å². The van der Waals surface area contributed by atoms with Crippen LogP contribution in [-0.2, 0) is 0 Å². The third-order valence-electron chi connectivity index (χ3n) is 21.4. The van der Waals surface area contributed by atoms with Gasteiger partial charge in [-0.1, -0.05) is 199 Å². The van der Waals surface area contributed by atoms with Gasteiger partial charge in [0.15, 0.2) is 0 Å². The average Bonchev–Trinajstić information content (AvgIpc) is 0.942. The van der Waals surface area contributed by atoms with Gasteiger partial charge in [-0.25, -0.2) is 4.39 Å². The number of fused-ring (bicyclic) bond motifs is 6. The van der Waals surface area contributed by atoms with Crippen LogP contribution in [-0.4, -0.2) is 114 Å². The molecule has 6 amide bonds. The zero-order chi connectivity index (χ0) is 98.8. The fourth-order valence-electron chi connectivity index (χ4n) is 14.5. The maximum absolute atomic E-state index is 12.8. The Bertz CT molecular complexity index is 7580. The molecule has 0 saturated heterocycles. The molecular weight excluding hydrogens is 1830 g/mol. The molecule has 0 aliphatic carbocycles. The third-order valence-corrected chi connectivity index (χ3v) is 22.8. The molecule has 18 aromatic carbocycles. The number of rotatable bonds is 21. The van der Waals surface area contributed by atoms with Crippen LogP contribution in [0.25, 0.3) is 64.6 Å². The number of nitrogens with one attached hydrogen (secondary N) is 6. The zero-order valence-electron chi connectivity index (χ0n) is 75.9. The molecule has 0 aliphatic rings. The van der Waals surface area contributed by atoms with Gasteiger partial charge in [-0.15, -0.1) is 11.8 Å². The predicted octanol–water partition coefficient (Wildman–Crippen LogP) is 25.8. The number of amides is 6. The number of phenolic OH excluding ortho intramolecular Hbond substituents is 6. The van der Waals surface area contributed by atoms with Crippen molar-refractivity contribution in [3.05, 3.63) is 389 Å². The Kier molecular flexibility index (Phi) is 33.7. The molecule has 0 bridgehead atoms. The molecule has 0 saturated carbocycles. The maximum atomic E-state index is 12.8. The van der Waals surface area contributed by atoms with Crippen LogP contribution in [0.2, 0.25) is 10.0 Å². The first-order valence-electron chi connectivity index (χ1n) is 43.1. The largest absolute Gasteiger partial charge is 0.507 e. The van der Waals surface area contributed by atoms with E-state index in [1.165, 1.54) is 58.8 Å². The van der Waals surface area contributed by atoms with Gasteiger partial charge in [0.25, 0.3) is 35.4 Å². The number of carbonyl (C=O) groups is 6. The fraction of sp³-hybridized carbons (Fsp3) is 0.0811. The van der Waals surface area contributed by atoms with Crippen LogP contribution in [0.3, 0.4) is 0 Å². The molecule has 702 valence electrons. The van der Waals surface area contributed by atoms with Gasteiger partial charge in [0.1, 0.15) is 74.8 Å². The summed E-state index contributed by atoms with van der Waals surface area (Å²) < 4.78 is 44.6. The minimum Gasteiger partial charge on any atom is -0.507 e. The van der Waals surface area contributed by atoms with E-state index in [1.54, 1.807) is 133 Å². The van der Waals surface area contributed by atoms with Gasteiger partial charge < -0.3 is 91.0 Å². The molecule has 0 unspecified atom stereocenters. The standard InChI is InChI=1S/2C19H16ClNO4.2C19H17NO3.C18H15NO2S.C17H12FNO2/c1-24-17-10-15(18(25-2)9-14(17)20)21-19(23)13-7-11-5-3-4-6-12(11)8-16(13)22;1-24-17-10-18(25-2)15(9-14(17)20)21-19(23)13-7-11-5-3-4-6-12(11)8-16(13)22;1-2-23-18-10-6-5-9-16(18)20-19(22)15-11-13-7-3-4-8-14(13)12-17(15)21;1-2-23-16-9-5-8-15(12-16)20-19(22)17-10-13-6-3-4-7-14(13)11-18(17)21;1-22-17-9-5-4-8-15(17)19-18(21)14-10-12-6-2-3-7-13(12)11-16(14)20;18-13-5-7-14(8-6-13)19-17(21)15-9-11-3-1-2-4-12(11)10-16(15)20/h2*3-10,22H,1-2H3,(H,21,23);2*3-12,21H,2H2,1H3,(H,20,22);2-11,20H,1H3,(H,19,21);1-10,20H,(H,19,21). The van der Waals surface area contributed by atoms with E-state index in [-0.39, 0.29) is 91.4 Å². The summed E-state index contributed by atoms with van der Waals surface area (Å²) in [4.78, 5) is 75.8. The quantitative estimate of drug-likeness (QED) is 0.0297. The molecule has 28 heteroatoms.